The van der Waals surface area contributed by atoms with Gasteiger partial charge >= 0.3 is 5.56 Å². The summed E-state index contributed by atoms with van der Waals surface area (Å²) in [5.74, 6) is -1.10. The summed E-state index contributed by atoms with van der Waals surface area (Å²) in [5, 5.41) is 0. The standard InChI is InChI=1S/C9H9N5O3/c1-4(15)13-3-11-6-7(17)12-9(10)14(5(2)16)8(6)13/h3H,1-2H3,(H2,10,12,17). The molecule has 0 aliphatic heterocycles. The molecule has 0 aliphatic rings. The minimum absolute atomic E-state index is 0.0440. The SMILES string of the molecule is CC(=O)n1cnc2c(=O)nc(N)n(C(C)=O)c21. The first-order chi connectivity index (χ1) is 7.93. The number of fused-ring (bicyclic) bond motifs is 1. The van der Waals surface area contributed by atoms with E-state index in [-0.39, 0.29) is 23.0 Å². The highest BCUT2D eigenvalue weighted by molar-refractivity contribution is 5.94. The van der Waals surface area contributed by atoms with Crippen LogP contribution in [0.4, 0.5) is 5.95 Å². The number of anilines is 1. The molecular formula is C9H9N5O3. The van der Waals surface area contributed by atoms with Crippen molar-refractivity contribution in [3.05, 3.63) is 16.7 Å². The molecule has 0 saturated carbocycles. The van der Waals surface area contributed by atoms with Gasteiger partial charge < -0.3 is 5.73 Å². The number of hydrogen-bond acceptors (Lipinski definition) is 6. The summed E-state index contributed by atoms with van der Waals surface area (Å²) in [4.78, 5) is 41.5. The molecular weight excluding hydrogens is 226 g/mol. The molecule has 17 heavy (non-hydrogen) atoms. The van der Waals surface area contributed by atoms with Gasteiger partial charge in [-0.25, -0.2) is 9.55 Å². The summed E-state index contributed by atoms with van der Waals surface area (Å²) in [5.41, 5.74) is 4.80. The van der Waals surface area contributed by atoms with Crippen LogP contribution in [-0.4, -0.2) is 30.9 Å². The van der Waals surface area contributed by atoms with Gasteiger partial charge in [-0.1, -0.05) is 0 Å². The maximum Gasteiger partial charge on any atom is 0.302 e. The summed E-state index contributed by atoms with van der Waals surface area (Å²) < 4.78 is 2.06. The Bertz CT molecular complexity index is 696. The van der Waals surface area contributed by atoms with E-state index in [2.05, 4.69) is 9.97 Å². The van der Waals surface area contributed by atoms with Gasteiger partial charge in [-0.05, 0) is 0 Å². The Morgan fingerprint density at radius 3 is 2.47 bits per heavy atom. The van der Waals surface area contributed by atoms with Crippen molar-refractivity contribution in [2.75, 3.05) is 5.73 Å². The maximum atomic E-state index is 11.5. The van der Waals surface area contributed by atoms with Crippen molar-refractivity contribution in [3.63, 3.8) is 0 Å². The molecule has 88 valence electrons. The van der Waals surface area contributed by atoms with Crippen LogP contribution >= 0.6 is 0 Å². The normalized spacial score (nSPS) is 10.7. The number of nitrogens with two attached hydrogens (primary N) is 1. The van der Waals surface area contributed by atoms with E-state index in [1.165, 1.54) is 13.8 Å². The van der Waals surface area contributed by atoms with E-state index in [9.17, 15) is 14.4 Å². The Morgan fingerprint density at radius 2 is 1.94 bits per heavy atom. The van der Waals surface area contributed by atoms with Gasteiger partial charge in [0.2, 0.25) is 17.8 Å². The highest BCUT2D eigenvalue weighted by atomic mass is 16.2. The average Bonchev–Trinajstić information content (AvgIpc) is 2.61. The Morgan fingerprint density at radius 1 is 1.29 bits per heavy atom. The number of nitrogens with zero attached hydrogens (tertiary/aromatic N) is 4. The molecule has 2 heterocycles. The number of hydrogen-bond donors (Lipinski definition) is 1. The zero-order valence-electron chi connectivity index (χ0n) is 9.17. The first-order valence-corrected chi connectivity index (χ1v) is 4.71. The molecule has 0 unspecified atom stereocenters. The topological polar surface area (TPSA) is 113 Å². The van der Waals surface area contributed by atoms with Crippen LogP contribution in [0.2, 0.25) is 0 Å². The summed E-state index contributed by atoms with van der Waals surface area (Å²) in [6.07, 6.45) is 1.16. The monoisotopic (exact) mass is 235 g/mol. The number of carbonyl (C=O) groups is 2. The van der Waals surface area contributed by atoms with Crippen molar-refractivity contribution < 1.29 is 9.59 Å². The third kappa shape index (κ3) is 1.50. The van der Waals surface area contributed by atoms with E-state index < -0.39 is 11.5 Å². The molecule has 2 aromatic heterocycles. The van der Waals surface area contributed by atoms with Crippen LogP contribution in [0, 0.1) is 0 Å². The smallest absolute Gasteiger partial charge is 0.302 e. The fourth-order valence-corrected chi connectivity index (χ4v) is 1.56. The molecule has 0 amide bonds. The van der Waals surface area contributed by atoms with E-state index in [0.717, 1.165) is 15.5 Å². The van der Waals surface area contributed by atoms with Crippen LogP contribution in [0.3, 0.4) is 0 Å². The average molecular weight is 235 g/mol. The zero-order valence-corrected chi connectivity index (χ0v) is 9.17. The molecule has 8 heteroatoms. The number of carbonyl (C=O) groups excluding carboxylic acids is 2. The van der Waals surface area contributed by atoms with Crippen molar-refractivity contribution in [2.45, 2.75) is 13.8 Å². The van der Waals surface area contributed by atoms with Gasteiger partial charge in [0.15, 0.2) is 11.2 Å². The van der Waals surface area contributed by atoms with Crippen molar-refractivity contribution in [2.24, 2.45) is 0 Å². The lowest BCUT2D eigenvalue weighted by molar-refractivity contribution is 0.0933. The lowest BCUT2D eigenvalue weighted by Gasteiger charge is -2.08. The Labute approximate surface area is 94.7 Å². The first kappa shape index (κ1) is 11.0. The van der Waals surface area contributed by atoms with Gasteiger partial charge in [0.25, 0.3) is 0 Å². The second kappa shape index (κ2) is 3.51. The van der Waals surface area contributed by atoms with E-state index in [4.69, 9.17) is 5.73 Å². The third-order valence-corrected chi connectivity index (χ3v) is 2.26. The molecule has 0 radical (unpaired) electrons. The van der Waals surface area contributed by atoms with Crippen LogP contribution < -0.4 is 11.3 Å². The van der Waals surface area contributed by atoms with Gasteiger partial charge in [-0.2, -0.15) is 4.98 Å². The van der Waals surface area contributed by atoms with Gasteiger partial charge in [-0.15, -0.1) is 0 Å². The highest BCUT2D eigenvalue weighted by Gasteiger charge is 2.18. The van der Waals surface area contributed by atoms with Gasteiger partial charge in [0.1, 0.15) is 6.33 Å². The molecule has 0 spiro atoms. The second-order valence-electron chi connectivity index (χ2n) is 3.44. The van der Waals surface area contributed by atoms with Crippen molar-refractivity contribution in [1.29, 1.82) is 0 Å². The van der Waals surface area contributed by atoms with E-state index in [0.29, 0.717) is 0 Å². The fourth-order valence-electron chi connectivity index (χ4n) is 1.56. The fraction of sp³-hybridized carbons (Fsp3) is 0.222. The van der Waals surface area contributed by atoms with Crippen LogP contribution in [0.1, 0.15) is 23.4 Å². The highest BCUT2D eigenvalue weighted by Crippen LogP contribution is 2.11. The molecule has 2 N–H and O–H groups in total. The van der Waals surface area contributed by atoms with Crippen molar-refractivity contribution in [3.8, 4) is 0 Å². The van der Waals surface area contributed by atoms with Crippen molar-refractivity contribution in [1.82, 2.24) is 19.1 Å². The molecule has 0 saturated heterocycles. The van der Waals surface area contributed by atoms with Crippen LogP contribution in [0.15, 0.2) is 11.1 Å². The lowest BCUT2D eigenvalue weighted by Crippen LogP contribution is -2.23. The molecule has 8 nitrogen and oxygen atoms in total. The minimum Gasteiger partial charge on any atom is -0.369 e. The number of nitrogen functional groups attached to an aromatic ring is 1. The zero-order chi connectivity index (χ0) is 12.7. The third-order valence-electron chi connectivity index (χ3n) is 2.26. The number of aromatic nitrogens is 4. The Hall–Kier alpha value is -2.51. The number of imidazole rings is 1. The first-order valence-electron chi connectivity index (χ1n) is 4.71. The van der Waals surface area contributed by atoms with E-state index >= 15 is 0 Å². The molecule has 0 aromatic carbocycles. The summed E-state index contributed by atoms with van der Waals surface area (Å²) in [6, 6.07) is 0. The van der Waals surface area contributed by atoms with Crippen LogP contribution in [-0.2, 0) is 0 Å². The number of rotatable bonds is 0. The van der Waals surface area contributed by atoms with Crippen molar-refractivity contribution >= 4 is 28.9 Å². The van der Waals surface area contributed by atoms with Crippen LogP contribution in [0.5, 0.6) is 0 Å². The quantitative estimate of drug-likeness (QED) is 0.658. The molecule has 0 bridgehead atoms. The predicted octanol–water partition coefficient (Wildman–Crippen LogP) is -0.505. The summed E-state index contributed by atoms with van der Waals surface area (Å²) >= 11 is 0. The van der Waals surface area contributed by atoms with Gasteiger partial charge in [0.05, 0.1) is 0 Å². The van der Waals surface area contributed by atoms with E-state index in [1.54, 1.807) is 0 Å². The summed E-state index contributed by atoms with van der Waals surface area (Å²) in [7, 11) is 0. The summed E-state index contributed by atoms with van der Waals surface area (Å²) in [6.45, 7) is 2.53. The molecule has 2 aromatic rings. The molecule has 0 atom stereocenters. The lowest BCUT2D eigenvalue weighted by atomic mass is 10.5. The molecule has 0 fully saturated rings. The second-order valence-corrected chi connectivity index (χ2v) is 3.44. The van der Waals surface area contributed by atoms with E-state index in [1.807, 2.05) is 0 Å². The predicted molar refractivity (Wildman–Crippen MR) is 58.8 cm³/mol. The van der Waals surface area contributed by atoms with Gasteiger partial charge in [0, 0.05) is 13.8 Å². The van der Waals surface area contributed by atoms with Crippen LogP contribution in [0.25, 0.3) is 11.2 Å². The largest absolute Gasteiger partial charge is 0.369 e. The van der Waals surface area contributed by atoms with Gasteiger partial charge in [-0.3, -0.25) is 19.0 Å². The molecule has 2 rings (SSSR count). The Balaban J connectivity index is 3.06. The Kier molecular flexibility index (Phi) is 2.27. The molecule has 0 aliphatic carbocycles. The maximum absolute atomic E-state index is 11.5. The minimum atomic E-state index is -0.671.